The van der Waals surface area contributed by atoms with Crippen LogP contribution >= 0.6 is 0 Å². The van der Waals surface area contributed by atoms with Crippen molar-refractivity contribution >= 4 is 35.9 Å². The summed E-state index contributed by atoms with van der Waals surface area (Å²) in [6.07, 6.45) is 28.4. The maximum absolute atomic E-state index is 8.38. The molecule has 0 atom stereocenters. The molecule has 0 fully saturated rings. The number of unbranched alkanes of at least 4 members (excludes halogenated alkanes) is 13. The van der Waals surface area contributed by atoms with Crippen molar-refractivity contribution in [3.8, 4) is 12.8 Å². The number of rotatable bonds is 15. The Morgan fingerprint density at radius 3 is 1.08 bits per heavy atom. The van der Waals surface area contributed by atoms with Gasteiger partial charge in [0.2, 0.25) is 0 Å². The molecule has 0 aliphatic rings. The number of quaternary nitrogens is 1. The first-order chi connectivity index (χ1) is 11.6. The van der Waals surface area contributed by atoms with Crippen molar-refractivity contribution in [1.29, 1.82) is 0 Å². The van der Waals surface area contributed by atoms with Gasteiger partial charge in [0.1, 0.15) is 0 Å². The van der Waals surface area contributed by atoms with Crippen molar-refractivity contribution in [1.82, 2.24) is 0 Å². The summed E-state index contributed by atoms with van der Waals surface area (Å²) >= 11 is 0.125. The van der Waals surface area contributed by atoms with E-state index in [2.05, 4.69) is 40.9 Å². The van der Waals surface area contributed by atoms with Gasteiger partial charge in [-0.15, -0.1) is 12.8 Å². The van der Waals surface area contributed by atoms with Gasteiger partial charge in [-0.1, -0.05) is 84.0 Å². The third kappa shape index (κ3) is 40.9. The summed E-state index contributed by atoms with van der Waals surface area (Å²) in [7, 11) is 6.88. The molecular formula is C21H44BrCaNO. The minimum atomic E-state index is 0. The summed E-state index contributed by atoms with van der Waals surface area (Å²) < 4.78 is 9.50. The predicted octanol–water partition coefficient (Wildman–Crippen LogP) is 2.93. The van der Waals surface area contributed by atoms with Crippen molar-refractivity contribution in [3.05, 3.63) is 0 Å². The summed E-state index contributed by atoms with van der Waals surface area (Å²) in [5, 5.41) is 0. The molecule has 0 rings (SSSR count). The van der Waals surface area contributed by atoms with E-state index in [1.54, 1.807) is 0 Å². The monoisotopic (exact) mass is 445 g/mol. The second kappa shape index (κ2) is 29.8. The number of hydrogen-bond donors (Lipinski definition) is 0. The van der Waals surface area contributed by atoms with Gasteiger partial charge in [-0.2, -0.15) is 0 Å². The fraction of sp³-hybridized carbons (Fsp3) is 0.905. The van der Waals surface area contributed by atoms with Crippen molar-refractivity contribution < 1.29 is 22.9 Å². The fourth-order valence-corrected chi connectivity index (χ4v) is 2.78. The first-order valence-corrected chi connectivity index (χ1v) is 10.9. The molecule has 148 valence electrons. The van der Waals surface area contributed by atoms with Crippen LogP contribution in [0.4, 0.5) is 0 Å². The van der Waals surface area contributed by atoms with Crippen LogP contribution in [0.25, 0.3) is 0 Å². The minimum absolute atomic E-state index is 0. The van der Waals surface area contributed by atoms with Crippen LogP contribution in [0.15, 0.2) is 0 Å². The molecule has 25 heavy (non-hydrogen) atoms. The summed E-state index contributed by atoms with van der Waals surface area (Å²) in [6, 6.07) is 0. The van der Waals surface area contributed by atoms with Crippen LogP contribution in [0.1, 0.15) is 96.8 Å². The molecule has 4 heteroatoms. The second-order valence-electron chi connectivity index (χ2n) is 7.61. The molecule has 0 saturated heterocycles. The van der Waals surface area contributed by atoms with Crippen LogP contribution in [0.2, 0.25) is 0 Å². The third-order valence-corrected chi connectivity index (χ3v) is 4.18. The van der Waals surface area contributed by atoms with Crippen LogP contribution in [0.5, 0.6) is 0 Å². The Labute approximate surface area is 194 Å². The average Bonchev–Trinajstić information content (AvgIpc) is 2.58. The zero-order chi connectivity index (χ0) is 19.1. The Morgan fingerprint density at radius 1 is 0.600 bits per heavy atom. The van der Waals surface area contributed by atoms with E-state index in [4.69, 9.17) is 1.43 Å². The van der Waals surface area contributed by atoms with Crippen molar-refractivity contribution in [2.75, 3.05) is 27.7 Å². The quantitative estimate of drug-likeness (QED) is 0.164. The van der Waals surface area contributed by atoms with Crippen molar-refractivity contribution in [2.45, 2.75) is 96.8 Å². The second-order valence-corrected chi connectivity index (χ2v) is 7.61. The van der Waals surface area contributed by atoms with Crippen LogP contribution in [-0.4, -0.2) is 68.1 Å². The van der Waals surface area contributed by atoms with Gasteiger partial charge in [0.15, 0.2) is 0 Å². The Bertz CT molecular complexity index is 242. The van der Waals surface area contributed by atoms with E-state index in [1.165, 1.54) is 96.4 Å². The maximum atomic E-state index is 8.38. The van der Waals surface area contributed by atoms with Crippen molar-refractivity contribution in [2.24, 2.45) is 0 Å². The number of halogens is 1. The molecule has 0 aromatic rings. The summed E-state index contributed by atoms with van der Waals surface area (Å²) in [4.78, 5) is 0. The van der Waals surface area contributed by atoms with Gasteiger partial charge >= 0.3 is 37.3 Å². The molecule has 0 spiro atoms. The number of hydrogen-bond acceptors (Lipinski definition) is 1. The standard InChI is InChI=1S/C19H42N.C2H2.BrH.Ca.O/c1-5-6-7-8-9-10-11-12-13-14-15-16-17-18-19-20(2,3)4;1-2;;;/h5-19H2,1-4H3;1-2H;1H;;/q+1;;;;/p-1. The van der Waals surface area contributed by atoms with Gasteiger partial charge in [0, 0.05) is 0 Å². The van der Waals surface area contributed by atoms with E-state index >= 15 is 0 Å². The van der Waals surface area contributed by atoms with Crippen LogP contribution < -0.4 is 17.0 Å². The molecular weight excluding hydrogens is 402 g/mol. The van der Waals surface area contributed by atoms with E-state index in [0.29, 0.717) is 0 Å². The zero-order valence-corrected chi connectivity index (χ0v) is 21.5. The van der Waals surface area contributed by atoms with Gasteiger partial charge in [-0.05, 0) is 12.8 Å². The molecule has 0 radical (unpaired) electrons. The predicted molar refractivity (Wildman–Crippen MR) is 110 cm³/mol. The SMILES string of the molecule is C#C.CCCCCCCCCCCCCCCC[N+](C)(C)C.[Br-].[O]=[Ca]. The molecule has 0 heterocycles. The Morgan fingerprint density at radius 2 is 0.840 bits per heavy atom. The van der Waals surface area contributed by atoms with Crippen LogP contribution in [-0.2, 0) is 1.43 Å². The Balaban J connectivity index is -0.000000408. The zero-order valence-electron chi connectivity index (χ0n) is 17.7. The molecule has 2 nitrogen and oxygen atoms in total. The molecule has 0 aromatic carbocycles. The molecule has 0 aliphatic carbocycles. The van der Waals surface area contributed by atoms with Gasteiger partial charge in [-0.25, -0.2) is 0 Å². The first kappa shape index (κ1) is 33.6. The molecule has 0 aliphatic heterocycles. The van der Waals surface area contributed by atoms with E-state index in [9.17, 15) is 0 Å². The van der Waals surface area contributed by atoms with Gasteiger partial charge in [0.05, 0.1) is 27.7 Å². The van der Waals surface area contributed by atoms with Gasteiger partial charge < -0.3 is 21.5 Å². The van der Waals surface area contributed by atoms with Crippen LogP contribution in [0, 0.1) is 12.8 Å². The van der Waals surface area contributed by atoms with E-state index in [-0.39, 0.29) is 52.9 Å². The Hall–Kier alpha value is 1.06. The van der Waals surface area contributed by atoms with Gasteiger partial charge in [-0.3, -0.25) is 0 Å². The summed E-state index contributed by atoms with van der Waals surface area (Å²) in [5.41, 5.74) is 0. The average molecular weight is 447 g/mol. The molecule has 0 unspecified atom stereocenters. The third-order valence-electron chi connectivity index (χ3n) is 4.18. The molecule has 0 aromatic heterocycles. The normalized spacial score (nSPS) is 9.92. The molecule has 0 bridgehead atoms. The molecule has 0 amide bonds. The van der Waals surface area contributed by atoms with E-state index in [1.807, 2.05) is 0 Å². The van der Waals surface area contributed by atoms with E-state index < -0.39 is 0 Å². The van der Waals surface area contributed by atoms with Crippen LogP contribution in [0.3, 0.4) is 0 Å². The van der Waals surface area contributed by atoms with Gasteiger partial charge in [0.25, 0.3) is 0 Å². The summed E-state index contributed by atoms with van der Waals surface area (Å²) in [6.45, 7) is 3.63. The molecule has 0 N–H and O–H groups in total. The molecule has 0 saturated carbocycles. The number of nitrogens with zero attached hydrogens (tertiary/aromatic N) is 1. The topological polar surface area (TPSA) is 17.1 Å². The first-order valence-electron chi connectivity index (χ1n) is 9.99. The van der Waals surface area contributed by atoms with Crippen molar-refractivity contribution in [3.63, 3.8) is 0 Å². The fourth-order valence-electron chi connectivity index (χ4n) is 2.78. The number of terminal acetylenes is 1. The summed E-state index contributed by atoms with van der Waals surface area (Å²) in [5.74, 6) is 0. The Kier molecular flexibility index (Phi) is 40.1. The van der Waals surface area contributed by atoms with E-state index in [0.717, 1.165) is 4.48 Å².